The van der Waals surface area contributed by atoms with Crippen molar-refractivity contribution in [1.82, 2.24) is 10.3 Å². The highest BCUT2D eigenvalue weighted by Gasteiger charge is 2.26. The number of hydrogen-bond acceptors (Lipinski definition) is 7. The van der Waals surface area contributed by atoms with Gasteiger partial charge >= 0.3 is 0 Å². The zero-order valence-electron chi connectivity index (χ0n) is 17.9. The van der Waals surface area contributed by atoms with Crippen LogP contribution in [0.5, 0.6) is 17.2 Å². The van der Waals surface area contributed by atoms with Gasteiger partial charge in [-0.1, -0.05) is 11.6 Å². The smallest absolute Gasteiger partial charge is 0.298 e. The third kappa shape index (κ3) is 4.83. The first-order valence-electron chi connectivity index (χ1n) is 10.7. The average Bonchev–Trinajstić information content (AvgIpc) is 3.19. The third-order valence-electron chi connectivity index (χ3n) is 5.37. The number of rotatable bonds is 8. The van der Waals surface area contributed by atoms with Gasteiger partial charge in [-0.25, -0.2) is 0 Å². The van der Waals surface area contributed by atoms with Gasteiger partial charge in [0.1, 0.15) is 27.8 Å². The van der Waals surface area contributed by atoms with E-state index in [-0.39, 0.29) is 11.8 Å². The van der Waals surface area contributed by atoms with E-state index in [1.807, 2.05) is 26.0 Å². The second kappa shape index (κ2) is 9.66. The third-order valence-corrected chi connectivity index (χ3v) is 5.75. The molecule has 0 amide bonds. The molecule has 0 saturated carbocycles. The summed E-state index contributed by atoms with van der Waals surface area (Å²) in [6.07, 6.45) is 1.96. The lowest BCUT2D eigenvalue weighted by Gasteiger charge is -2.33. The quantitative estimate of drug-likeness (QED) is 0.518. The van der Waals surface area contributed by atoms with Gasteiger partial charge in [0.2, 0.25) is 0 Å². The van der Waals surface area contributed by atoms with E-state index in [0.717, 1.165) is 31.5 Å². The van der Waals surface area contributed by atoms with Gasteiger partial charge in [-0.15, -0.1) is 0 Å². The Balaban J connectivity index is 1.71. The lowest BCUT2D eigenvalue weighted by Crippen LogP contribution is -2.43. The van der Waals surface area contributed by atoms with Crippen molar-refractivity contribution in [2.45, 2.75) is 39.3 Å². The number of piperidine rings is 1. The minimum atomic E-state index is 0.168. The molecule has 0 aliphatic carbocycles. The molecule has 0 spiro atoms. The van der Waals surface area contributed by atoms with Crippen molar-refractivity contribution in [2.75, 3.05) is 31.2 Å². The molecule has 2 heterocycles. The lowest BCUT2D eigenvalue weighted by molar-refractivity contribution is 0.322. The van der Waals surface area contributed by atoms with E-state index in [0.29, 0.717) is 53.4 Å². The number of phenols is 1. The molecule has 2 aromatic carbocycles. The molecule has 1 aromatic heterocycles. The molecule has 166 valence electrons. The Morgan fingerprint density at radius 1 is 1.13 bits per heavy atom. The number of ether oxygens (including phenoxy) is 2. The molecule has 0 radical (unpaired) electrons. The first-order valence-corrected chi connectivity index (χ1v) is 11.1. The summed E-state index contributed by atoms with van der Waals surface area (Å²) in [6.45, 7) is 7.34. The van der Waals surface area contributed by atoms with E-state index in [4.69, 9.17) is 25.5 Å². The number of nitrogens with one attached hydrogen (secondary N) is 1. The minimum absolute atomic E-state index is 0.168. The van der Waals surface area contributed by atoms with Gasteiger partial charge < -0.3 is 29.2 Å². The fraction of sp³-hybridized carbons (Fsp3) is 0.435. The van der Waals surface area contributed by atoms with Crippen LogP contribution < -0.4 is 19.7 Å². The monoisotopic (exact) mass is 445 g/mol. The molecule has 1 saturated heterocycles. The molecule has 8 heteroatoms. The molecule has 1 aliphatic rings. The van der Waals surface area contributed by atoms with Gasteiger partial charge in [-0.3, -0.25) is 0 Å². The molecule has 3 aromatic rings. The van der Waals surface area contributed by atoms with Crippen molar-refractivity contribution in [1.29, 1.82) is 0 Å². The maximum absolute atomic E-state index is 9.81. The van der Waals surface area contributed by atoms with Crippen molar-refractivity contribution >= 4 is 28.7 Å². The largest absolute Gasteiger partial charge is 0.508 e. The minimum Gasteiger partial charge on any atom is -0.508 e. The Morgan fingerprint density at radius 2 is 1.81 bits per heavy atom. The van der Waals surface area contributed by atoms with Gasteiger partial charge in [0.15, 0.2) is 5.58 Å². The number of benzene rings is 2. The van der Waals surface area contributed by atoms with Crippen molar-refractivity contribution < 1.29 is 19.0 Å². The van der Waals surface area contributed by atoms with E-state index >= 15 is 0 Å². The highest BCUT2D eigenvalue weighted by atomic mass is 35.5. The second-order valence-electron chi connectivity index (χ2n) is 7.53. The van der Waals surface area contributed by atoms with Crippen LogP contribution in [0.25, 0.3) is 11.1 Å². The van der Waals surface area contributed by atoms with Crippen LogP contribution in [0, 0.1) is 0 Å². The Labute approximate surface area is 186 Å². The number of oxazole rings is 1. The zero-order chi connectivity index (χ0) is 21.8. The first-order chi connectivity index (χ1) is 15.1. The number of hydrogen-bond donors (Lipinski definition) is 2. The average molecular weight is 446 g/mol. The predicted octanol–water partition coefficient (Wildman–Crippen LogP) is 4.74. The second-order valence-corrected chi connectivity index (χ2v) is 7.91. The Kier molecular flexibility index (Phi) is 6.73. The Morgan fingerprint density at radius 3 is 2.45 bits per heavy atom. The van der Waals surface area contributed by atoms with E-state index in [9.17, 15) is 5.11 Å². The summed E-state index contributed by atoms with van der Waals surface area (Å²) in [5.74, 6) is 1.39. The number of phenolic OH excluding ortho intramolecular Hbond substituents is 1. The number of anilines is 1. The number of nitrogens with zero attached hydrogens (tertiary/aromatic N) is 2. The van der Waals surface area contributed by atoms with Gasteiger partial charge in [0, 0.05) is 18.7 Å². The molecule has 4 rings (SSSR count). The number of fused-ring (bicyclic) bond motifs is 1. The topological polar surface area (TPSA) is 80.0 Å². The molecule has 1 aliphatic heterocycles. The summed E-state index contributed by atoms with van der Waals surface area (Å²) in [7, 11) is 0. The van der Waals surface area contributed by atoms with E-state index < -0.39 is 0 Å². The van der Waals surface area contributed by atoms with Crippen molar-refractivity contribution in [3.8, 4) is 17.2 Å². The van der Waals surface area contributed by atoms with Crippen LogP contribution in [0.3, 0.4) is 0 Å². The fourth-order valence-electron chi connectivity index (χ4n) is 3.93. The van der Waals surface area contributed by atoms with E-state index in [1.54, 1.807) is 18.2 Å². The molecule has 0 atom stereocenters. The summed E-state index contributed by atoms with van der Waals surface area (Å²) in [6, 6.07) is 9.68. The maximum atomic E-state index is 9.81. The number of aromatic hydroxyl groups is 1. The van der Waals surface area contributed by atoms with Gasteiger partial charge in [-0.2, -0.15) is 4.98 Å². The first kappa shape index (κ1) is 21.6. The Hall–Kier alpha value is -2.64. The molecule has 2 N–H and O–H groups in total. The highest BCUT2D eigenvalue weighted by Crippen LogP contribution is 2.37. The molecular formula is C23H28ClN3O4. The van der Waals surface area contributed by atoms with Crippen molar-refractivity contribution in [3.05, 3.63) is 40.9 Å². The zero-order valence-corrected chi connectivity index (χ0v) is 18.6. The maximum Gasteiger partial charge on any atom is 0.298 e. The van der Waals surface area contributed by atoms with Crippen LogP contribution in [0.1, 0.15) is 32.3 Å². The molecule has 0 bridgehead atoms. The standard InChI is InChI=1S/C23H28ClN3O4/c1-3-29-20-11-15(12-21(22(20)24)30-4-2)14-27(16-7-9-25-10-8-16)23-26-18-13-17(28)5-6-19(18)31-23/h5-6,11-13,16,25,28H,3-4,7-10,14H2,1-2H3. The van der Waals surface area contributed by atoms with E-state index in [1.165, 1.54) is 0 Å². The summed E-state index contributed by atoms with van der Waals surface area (Å²) < 4.78 is 17.6. The summed E-state index contributed by atoms with van der Waals surface area (Å²) in [5.41, 5.74) is 2.28. The van der Waals surface area contributed by atoms with Gasteiger partial charge in [0.25, 0.3) is 6.01 Å². The molecule has 7 nitrogen and oxygen atoms in total. The molecular weight excluding hydrogens is 418 g/mol. The number of halogens is 1. The molecule has 31 heavy (non-hydrogen) atoms. The fourth-order valence-corrected chi connectivity index (χ4v) is 4.15. The summed E-state index contributed by atoms with van der Waals surface area (Å²) in [5, 5.41) is 13.7. The highest BCUT2D eigenvalue weighted by molar-refractivity contribution is 6.33. The summed E-state index contributed by atoms with van der Waals surface area (Å²) >= 11 is 6.48. The van der Waals surface area contributed by atoms with Crippen LogP contribution >= 0.6 is 11.6 Å². The van der Waals surface area contributed by atoms with Gasteiger partial charge in [-0.05, 0) is 69.6 Å². The van der Waals surface area contributed by atoms with Crippen LogP contribution in [0.2, 0.25) is 5.02 Å². The normalized spacial score (nSPS) is 14.7. The predicted molar refractivity (Wildman–Crippen MR) is 122 cm³/mol. The SMILES string of the molecule is CCOc1cc(CN(c2nc3cc(O)ccc3o2)C2CCNCC2)cc(OCC)c1Cl. The van der Waals surface area contributed by atoms with Crippen LogP contribution in [-0.4, -0.2) is 42.4 Å². The van der Waals surface area contributed by atoms with Gasteiger partial charge in [0.05, 0.1) is 13.2 Å². The van der Waals surface area contributed by atoms with Crippen LogP contribution in [0.15, 0.2) is 34.7 Å². The van der Waals surface area contributed by atoms with E-state index in [2.05, 4.69) is 15.2 Å². The van der Waals surface area contributed by atoms with Crippen LogP contribution in [0.4, 0.5) is 6.01 Å². The van der Waals surface area contributed by atoms with Crippen LogP contribution in [-0.2, 0) is 6.54 Å². The molecule has 1 fully saturated rings. The van der Waals surface area contributed by atoms with Crippen molar-refractivity contribution in [3.63, 3.8) is 0 Å². The number of aromatic nitrogens is 1. The Bertz CT molecular complexity index is 1010. The molecule has 0 unspecified atom stereocenters. The lowest BCUT2D eigenvalue weighted by atomic mass is 10.0. The van der Waals surface area contributed by atoms with Crippen molar-refractivity contribution in [2.24, 2.45) is 0 Å². The summed E-state index contributed by atoms with van der Waals surface area (Å²) in [4.78, 5) is 6.86.